The van der Waals surface area contributed by atoms with Crippen LogP contribution in [0.15, 0.2) is 0 Å². The lowest BCUT2D eigenvalue weighted by molar-refractivity contribution is -0.133. The lowest BCUT2D eigenvalue weighted by Crippen LogP contribution is -2.65. The first-order chi connectivity index (χ1) is 5.42. The van der Waals surface area contributed by atoms with Crippen LogP contribution in [0.4, 0.5) is 0 Å². The topological polar surface area (TPSA) is 55.1 Å². The highest BCUT2D eigenvalue weighted by atomic mass is 16.1. The van der Waals surface area contributed by atoms with Gasteiger partial charge in [-0.15, -0.1) is 0 Å². The summed E-state index contributed by atoms with van der Waals surface area (Å²) in [5.41, 5.74) is 5.21. The van der Waals surface area contributed by atoms with Crippen molar-refractivity contribution in [1.82, 2.24) is 5.32 Å². The molecule has 0 heterocycles. The molecule has 1 saturated carbocycles. The molecule has 0 unspecified atom stereocenters. The number of hydrogen-bond acceptors (Lipinski definition) is 2. The predicted octanol–water partition coefficient (Wildman–Crippen LogP) is 0.640. The summed E-state index contributed by atoms with van der Waals surface area (Å²) in [6.45, 7) is 7.12. The maximum absolute atomic E-state index is 11.1. The summed E-state index contributed by atoms with van der Waals surface area (Å²) in [6, 6.07) is 0. The number of carbonyl (C=O) groups excluding carboxylic acids is 1. The molecule has 0 spiro atoms. The molecule has 0 bridgehead atoms. The monoisotopic (exact) mass is 170 g/mol. The molecule has 1 fully saturated rings. The first kappa shape index (κ1) is 9.52. The Labute approximate surface area is 73.7 Å². The number of primary amides is 1. The Hall–Kier alpha value is -0.570. The minimum Gasteiger partial charge on any atom is -0.368 e. The zero-order valence-electron chi connectivity index (χ0n) is 8.11. The highest BCUT2D eigenvalue weighted by Gasteiger charge is 2.52. The molecule has 12 heavy (non-hydrogen) atoms. The molecule has 0 aliphatic heterocycles. The van der Waals surface area contributed by atoms with Gasteiger partial charge in [0.1, 0.15) is 0 Å². The largest absolute Gasteiger partial charge is 0.368 e. The molecule has 1 amide bonds. The molecular formula is C9H18N2O. The van der Waals surface area contributed by atoms with Gasteiger partial charge in [-0.05, 0) is 24.8 Å². The van der Waals surface area contributed by atoms with Gasteiger partial charge in [0.15, 0.2) is 0 Å². The normalized spacial score (nSPS) is 24.6. The van der Waals surface area contributed by atoms with E-state index in [1.807, 2.05) is 6.92 Å². The van der Waals surface area contributed by atoms with E-state index in [4.69, 9.17) is 5.73 Å². The summed E-state index contributed by atoms with van der Waals surface area (Å²) in [4.78, 5) is 11.1. The van der Waals surface area contributed by atoms with Gasteiger partial charge in [-0.2, -0.15) is 0 Å². The number of carbonyl (C=O) groups is 1. The van der Waals surface area contributed by atoms with Crippen LogP contribution in [-0.4, -0.2) is 18.0 Å². The van der Waals surface area contributed by atoms with E-state index in [9.17, 15) is 4.79 Å². The molecule has 1 aliphatic rings. The molecule has 3 heteroatoms. The van der Waals surface area contributed by atoms with Crippen LogP contribution in [0.2, 0.25) is 0 Å². The molecule has 1 aliphatic carbocycles. The van der Waals surface area contributed by atoms with Crippen LogP contribution in [0.3, 0.4) is 0 Å². The van der Waals surface area contributed by atoms with Crippen LogP contribution in [0.1, 0.15) is 33.6 Å². The first-order valence-electron chi connectivity index (χ1n) is 4.47. The van der Waals surface area contributed by atoms with Crippen LogP contribution < -0.4 is 11.1 Å². The predicted molar refractivity (Wildman–Crippen MR) is 48.6 cm³/mol. The summed E-state index contributed by atoms with van der Waals surface area (Å²) >= 11 is 0. The zero-order valence-corrected chi connectivity index (χ0v) is 8.11. The maximum Gasteiger partial charge on any atom is 0.237 e. The fourth-order valence-corrected chi connectivity index (χ4v) is 2.31. The Kier molecular flexibility index (Phi) is 2.17. The lowest BCUT2D eigenvalue weighted by atomic mass is 9.59. The molecule has 70 valence electrons. The first-order valence-corrected chi connectivity index (χ1v) is 4.47. The third kappa shape index (κ3) is 1.46. The second-order valence-corrected chi connectivity index (χ2v) is 4.49. The van der Waals surface area contributed by atoms with Gasteiger partial charge in [0, 0.05) is 0 Å². The van der Waals surface area contributed by atoms with Gasteiger partial charge in [0.2, 0.25) is 5.91 Å². The highest BCUT2D eigenvalue weighted by Crippen LogP contribution is 2.47. The van der Waals surface area contributed by atoms with E-state index in [0.717, 1.165) is 19.4 Å². The Morgan fingerprint density at radius 2 is 2.00 bits per heavy atom. The van der Waals surface area contributed by atoms with E-state index in [0.29, 0.717) is 0 Å². The Morgan fingerprint density at radius 3 is 2.25 bits per heavy atom. The SMILES string of the molecule is CCNC1(C(N)=O)CC(C)(C)C1. The fraction of sp³-hybridized carbons (Fsp3) is 0.889. The number of likely N-dealkylation sites (N-methyl/N-ethyl adjacent to an activating group) is 1. The van der Waals surface area contributed by atoms with Crippen molar-refractivity contribution in [2.24, 2.45) is 11.1 Å². The van der Waals surface area contributed by atoms with Gasteiger partial charge in [-0.1, -0.05) is 20.8 Å². The van der Waals surface area contributed by atoms with Crippen molar-refractivity contribution in [2.75, 3.05) is 6.54 Å². The van der Waals surface area contributed by atoms with Crippen molar-refractivity contribution in [3.63, 3.8) is 0 Å². The van der Waals surface area contributed by atoms with E-state index in [1.165, 1.54) is 0 Å². The zero-order chi connectivity index (χ0) is 9.41. The van der Waals surface area contributed by atoms with E-state index in [-0.39, 0.29) is 11.3 Å². The minimum absolute atomic E-state index is 0.205. The number of rotatable bonds is 3. The second-order valence-electron chi connectivity index (χ2n) is 4.49. The van der Waals surface area contributed by atoms with Crippen LogP contribution >= 0.6 is 0 Å². The molecular weight excluding hydrogens is 152 g/mol. The van der Waals surface area contributed by atoms with Gasteiger partial charge in [0.05, 0.1) is 5.54 Å². The van der Waals surface area contributed by atoms with Crippen molar-refractivity contribution in [2.45, 2.75) is 39.2 Å². The Morgan fingerprint density at radius 1 is 1.50 bits per heavy atom. The summed E-state index contributed by atoms with van der Waals surface area (Å²) in [6.07, 6.45) is 1.73. The Bertz CT molecular complexity index is 191. The van der Waals surface area contributed by atoms with Crippen LogP contribution in [0.5, 0.6) is 0 Å². The van der Waals surface area contributed by atoms with E-state index in [1.54, 1.807) is 0 Å². The van der Waals surface area contributed by atoms with E-state index >= 15 is 0 Å². The van der Waals surface area contributed by atoms with Crippen molar-refractivity contribution in [3.05, 3.63) is 0 Å². The van der Waals surface area contributed by atoms with Crippen molar-refractivity contribution >= 4 is 5.91 Å². The standard InChI is InChI=1S/C9H18N2O/c1-4-11-9(7(10)12)5-8(2,3)6-9/h11H,4-6H2,1-3H3,(H2,10,12). The van der Waals surface area contributed by atoms with Crippen LogP contribution in [-0.2, 0) is 4.79 Å². The maximum atomic E-state index is 11.1. The third-order valence-electron chi connectivity index (χ3n) is 2.55. The van der Waals surface area contributed by atoms with Crippen LogP contribution in [0.25, 0.3) is 0 Å². The number of nitrogens with one attached hydrogen (secondary N) is 1. The molecule has 3 nitrogen and oxygen atoms in total. The van der Waals surface area contributed by atoms with Gasteiger partial charge in [-0.25, -0.2) is 0 Å². The average molecular weight is 170 g/mol. The molecule has 0 atom stereocenters. The molecule has 0 aromatic rings. The number of amides is 1. The second kappa shape index (κ2) is 2.73. The molecule has 1 rings (SSSR count). The number of nitrogens with two attached hydrogens (primary N) is 1. The summed E-state index contributed by atoms with van der Waals surface area (Å²) in [5.74, 6) is -0.205. The Balaban J connectivity index is 2.62. The van der Waals surface area contributed by atoms with Gasteiger partial charge in [0.25, 0.3) is 0 Å². The highest BCUT2D eigenvalue weighted by molar-refractivity contribution is 5.86. The van der Waals surface area contributed by atoms with Gasteiger partial charge >= 0.3 is 0 Å². The van der Waals surface area contributed by atoms with Crippen molar-refractivity contribution in [3.8, 4) is 0 Å². The number of hydrogen-bond donors (Lipinski definition) is 2. The molecule has 3 N–H and O–H groups in total. The van der Waals surface area contributed by atoms with Gasteiger partial charge in [-0.3, -0.25) is 4.79 Å². The smallest absolute Gasteiger partial charge is 0.237 e. The molecule has 0 radical (unpaired) electrons. The summed E-state index contributed by atoms with van der Waals surface area (Å²) in [5, 5.41) is 3.18. The molecule has 0 aromatic heterocycles. The van der Waals surface area contributed by atoms with Crippen molar-refractivity contribution < 1.29 is 4.79 Å². The lowest BCUT2D eigenvalue weighted by Gasteiger charge is -2.51. The van der Waals surface area contributed by atoms with E-state index < -0.39 is 5.54 Å². The van der Waals surface area contributed by atoms with Gasteiger partial charge < -0.3 is 11.1 Å². The van der Waals surface area contributed by atoms with Crippen molar-refractivity contribution in [1.29, 1.82) is 0 Å². The fourth-order valence-electron chi connectivity index (χ4n) is 2.31. The van der Waals surface area contributed by atoms with E-state index in [2.05, 4.69) is 19.2 Å². The molecule has 0 saturated heterocycles. The minimum atomic E-state index is -0.405. The average Bonchev–Trinajstić information content (AvgIpc) is 1.83. The quantitative estimate of drug-likeness (QED) is 0.653. The summed E-state index contributed by atoms with van der Waals surface area (Å²) in [7, 11) is 0. The molecule has 0 aromatic carbocycles. The summed E-state index contributed by atoms with van der Waals surface area (Å²) < 4.78 is 0. The van der Waals surface area contributed by atoms with Crippen LogP contribution in [0, 0.1) is 5.41 Å². The third-order valence-corrected chi connectivity index (χ3v) is 2.55.